The Morgan fingerprint density at radius 2 is 2.04 bits per heavy atom. The van der Waals surface area contributed by atoms with Crippen molar-refractivity contribution in [3.8, 4) is 5.75 Å². The number of ether oxygens (including phenoxy) is 1. The number of hydrogen-bond donors (Lipinski definition) is 2. The maximum Gasteiger partial charge on any atom is 0.119 e. The normalized spacial score (nSPS) is 18.5. The predicted octanol–water partition coefficient (Wildman–Crippen LogP) is 4.61. The van der Waals surface area contributed by atoms with Gasteiger partial charge in [-0.3, -0.25) is 0 Å². The molecule has 2 aromatic carbocycles. The Hall–Kier alpha value is -1.81. The van der Waals surface area contributed by atoms with Crippen molar-refractivity contribution in [3.63, 3.8) is 0 Å². The molecule has 0 aliphatic carbocycles. The molecule has 4 heteroatoms. The van der Waals surface area contributed by atoms with E-state index >= 15 is 0 Å². The Morgan fingerprint density at radius 1 is 1.24 bits per heavy atom. The minimum Gasteiger partial charge on any atom is -0.497 e. The minimum absolute atomic E-state index is 0.371. The van der Waals surface area contributed by atoms with E-state index in [4.69, 9.17) is 16.3 Å². The monoisotopic (exact) mass is 357 g/mol. The first-order chi connectivity index (χ1) is 12.2. The van der Waals surface area contributed by atoms with Crippen LogP contribution in [0.15, 0.2) is 54.6 Å². The van der Waals surface area contributed by atoms with Crippen molar-refractivity contribution >= 4 is 17.2 Å². The van der Waals surface area contributed by atoms with Crippen molar-refractivity contribution < 1.29 is 9.84 Å². The number of nitrogens with one attached hydrogen (secondary N) is 1. The standard InChI is InChI=1S/C21H24ClNO2/c1-25-20-4-2-3-17(14-20)21(24)10-9-19-13-16(11-12-23-19)15-5-7-18(22)8-6-15/h2-8,11,14,19,21,23-24H,9-10,12-13H2,1H3. The number of methoxy groups -OCH3 is 1. The van der Waals surface area contributed by atoms with Gasteiger partial charge >= 0.3 is 0 Å². The van der Waals surface area contributed by atoms with Crippen molar-refractivity contribution in [2.45, 2.75) is 31.4 Å². The second-order valence-corrected chi connectivity index (χ2v) is 6.85. The Bertz CT molecular complexity index is 727. The summed E-state index contributed by atoms with van der Waals surface area (Å²) in [5.74, 6) is 0.778. The molecule has 0 fully saturated rings. The third-order valence-electron chi connectivity index (χ3n) is 4.70. The zero-order chi connectivity index (χ0) is 17.6. The molecule has 2 N–H and O–H groups in total. The SMILES string of the molecule is COc1cccc(C(O)CCC2CC(c3ccc(Cl)cc3)=CCN2)c1. The van der Waals surface area contributed by atoms with Gasteiger partial charge in [0.15, 0.2) is 0 Å². The molecule has 0 spiro atoms. The number of aliphatic hydroxyl groups excluding tert-OH is 1. The van der Waals surface area contributed by atoms with Crippen LogP contribution in [0, 0.1) is 0 Å². The van der Waals surface area contributed by atoms with Gasteiger partial charge in [-0.25, -0.2) is 0 Å². The van der Waals surface area contributed by atoms with E-state index in [0.717, 1.165) is 42.1 Å². The molecule has 2 unspecified atom stereocenters. The Kier molecular flexibility index (Phi) is 6.14. The number of aliphatic hydroxyl groups is 1. The topological polar surface area (TPSA) is 41.5 Å². The van der Waals surface area contributed by atoms with Crippen LogP contribution in [0.3, 0.4) is 0 Å². The summed E-state index contributed by atoms with van der Waals surface area (Å²) in [6, 6.07) is 16.0. The lowest BCUT2D eigenvalue weighted by atomic mass is 9.91. The van der Waals surface area contributed by atoms with Gasteiger partial charge in [-0.15, -0.1) is 0 Å². The van der Waals surface area contributed by atoms with Gasteiger partial charge < -0.3 is 15.2 Å². The molecule has 3 nitrogen and oxygen atoms in total. The van der Waals surface area contributed by atoms with Gasteiger partial charge in [0.05, 0.1) is 13.2 Å². The zero-order valence-electron chi connectivity index (χ0n) is 14.4. The fourth-order valence-corrected chi connectivity index (χ4v) is 3.37. The summed E-state index contributed by atoms with van der Waals surface area (Å²) >= 11 is 5.98. The van der Waals surface area contributed by atoms with Crippen LogP contribution in [0.2, 0.25) is 5.02 Å². The molecular formula is C21H24ClNO2. The quantitative estimate of drug-likeness (QED) is 0.793. The Balaban J connectivity index is 1.56. The summed E-state index contributed by atoms with van der Waals surface area (Å²) in [5.41, 5.74) is 3.48. The van der Waals surface area contributed by atoms with E-state index in [2.05, 4.69) is 23.5 Å². The third kappa shape index (κ3) is 4.85. The second kappa shape index (κ2) is 8.52. The lowest BCUT2D eigenvalue weighted by Crippen LogP contribution is -2.33. The fraction of sp³-hybridized carbons (Fsp3) is 0.333. The highest BCUT2D eigenvalue weighted by Crippen LogP contribution is 2.28. The van der Waals surface area contributed by atoms with Crippen LogP contribution in [0.4, 0.5) is 0 Å². The molecule has 0 bridgehead atoms. The van der Waals surface area contributed by atoms with Gasteiger partial charge in [-0.1, -0.05) is 41.9 Å². The molecular weight excluding hydrogens is 334 g/mol. The summed E-state index contributed by atoms with van der Waals surface area (Å²) in [7, 11) is 1.64. The summed E-state index contributed by atoms with van der Waals surface area (Å²) in [6.07, 6.45) is 4.37. The van der Waals surface area contributed by atoms with E-state index in [1.807, 2.05) is 36.4 Å². The van der Waals surface area contributed by atoms with Gasteiger partial charge in [0, 0.05) is 17.6 Å². The maximum absolute atomic E-state index is 10.5. The summed E-state index contributed by atoms with van der Waals surface area (Å²) in [5, 5.41) is 14.8. The molecule has 25 heavy (non-hydrogen) atoms. The Labute approximate surface area is 154 Å². The molecule has 0 saturated heterocycles. The van der Waals surface area contributed by atoms with E-state index in [9.17, 15) is 5.11 Å². The van der Waals surface area contributed by atoms with Crippen molar-refractivity contribution in [3.05, 3.63) is 70.8 Å². The predicted molar refractivity (Wildman–Crippen MR) is 103 cm³/mol. The number of rotatable bonds is 6. The smallest absolute Gasteiger partial charge is 0.119 e. The molecule has 0 amide bonds. The zero-order valence-corrected chi connectivity index (χ0v) is 15.2. The lowest BCUT2D eigenvalue weighted by molar-refractivity contribution is 0.159. The average Bonchev–Trinajstić information content (AvgIpc) is 2.67. The van der Waals surface area contributed by atoms with Gasteiger partial charge in [-0.05, 0) is 60.2 Å². The van der Waals surface area contributed by atoms with Crippen LogP contribution < -0.4 is 10.1 Å². The average molecular weight is 358 g/mol. The highest BCUT2D eigenvalue weighted by molar-refractivity contribution is 6.30. The second-order valence-electron chi connectivity index (χ2n) is 6.42. The molecule has 0 aromatic heterocycles. The van der Waals surface area contributed by atoms with Crippen LogP contribution in [-0.2, 0) is 0 Å². The summed E-state index contributed by atoms with van der Waals surface area (Å²) in [4.78, 5) is 0. The largest absolute Gasteiger partial charge is 0.497 e. The molecule has 2 aromatic rings. The van der Waals surface area contributed by atoms with E-state index in [1.165, 1.54) is 11.1 Å². The van der Waals surface area contributed by atoms with Gasteiger partial charge in [0.1, 0.15) is 5.75 Å². The van der Waals surface area contributed by atoms with Crippen LogP contribution in [-0.4, -0.2) is 24.8 Å². The molecule has 1 aliphatic heterocycles. The van der Waals surface area contributed by atoms with Crippen LogP contribution in [0.5, 0.6) is 5.75 Å². The van der Waals surface area contributed by atoms with E-state index in [1.54, 1.807) is 7.11 Å². The van der Waals surface area contributed by atoms with Gasteiger partial charge in [0.2, 0.25) is 0 Å². The summed E-state index contributed by atoms with van der Waals surface area (Å²) < 4.78 is 5.23. The van der Waals surface area contributed by atoms with E-state index in [-0.39, 0.29) is 0 Å². The minimum atomic E-state index is -0.471. The van der Waals surface area contributed by atoms with Crippen LogP contribution in [0.1, 0.15) is 36.5 Å². The molecule has 0 saturated carbocycles. The fourth-order valence-electron chi connectivity index (χ4n) is 3.25. The van der Waals surface area contributed by atoms with Gasteiger partial charge in [0.25, 0.3) is 0 Å². The van der Waals surface area contributed by atoms with Crippen molar-refractivity contribution in [2.75, 3.05) is 13.7 Å². The molecule has 1 heterocycles. The van der Waals surface area contributed by atoms with Crippen LogP contribution in [0.25, 0.3) is 5.57 Å². The highest BCUT2D eigenvalue weighted by atomic mass is 35.5. The first-order valence-corrected chi connectivity index (χ1v) is 9.04. The molecule has 132 valence electrons. The van der Waals surface area contributed by atoms with E-state index in [0.29, 0.717) is 6.04 Å². The molecule has 1 aliphatic rings. The van der Waals surface area contributed by atoms with Gasteiger partial charge in [-0.2, -0.15) is 0 Å². The number of hydrogen-bond acceptors (Lipinski definition) is 3. The first-order valence-electron chi connectivity index (χ1n) is 8.66. The van der Waals surface area contributed by atoms with Crippen molar-refractivity contribution in [1.29, 1.82) is 0 Å². The van der Waals surface area contributed by atoms with Crippen molar-refractivity contribution in [2.24, 2.45) is 0 Å². The number of halogens is 1. The summed E-state index contributed by atoms with van der Waals surface area (Å²) in [6.45, 7) is 0.859. The molecule has 3 rings (SSSR count). The Morgan fingerprint density at radius 3 is 2.80 bits per heavy atom. The van der Waals surface area contributed by atoms with Crippen molar-refractivity contribution in [1.82, 2.24) is 5.32 Å². The molecule has 0 radical (unpaired) electrons. The van der Waals surface area contributed by atoms with Crippen LogP contribution >= 0.6 is 11.6 Å². The third-order valence-corrected chi connectivity index (χ3v) is 4.96. The first kappa shape index (κ1) is 18.0. The highest BCUT2D eigenvalue weighted by Gasteiger charge is 2.18. The maximum atomic E-state index is 10.5. The number of benzene rings is 2. The molecule has 2 atom stereocenters. The van der Waals surface area contributed by atoms with E-state index < -0.39 is 6.10 Å². The lowest BCUT2D eigenvalue weighted by Gasteiger charge is -2.25.